The van der Waals surface area contributed by atoms with E-state index in [-0.39, 0.29) is 0 Å². The average Bonchev–Trinajstić information content (AvgIpc) is 3.26. The van der Waals surface area contributed by atoms with Crippen LogP contribution in [0.15, 0.2) is 6.07 Å². The summed E-state index contributed by atoms with van der Waals surface area (Å²) in [7, 11) is 2.11. The Morgan fingerprint density at radius 2 is 2.14 bits per heavy atom. The lowest BCUT2D eigenvalue weighted by Gasteiger charge is -2.23. The van der Waals surface area contributed by atoms with Crippen molar-refractivity contribution in [2.75, 3.05) is 38.3 Å². The van der Waals surface area contributed by atoms with E-state index in [1.54, 1.807) is 0 Å². The molecular weight excluding hydrogens is 262 g/mol. The molecule has 21 heavy (non-hydrogen) atoms. The fourth-order valence-corrected chi connectivity index (χ4v) is 2.47. The third-order valence-electron chi connectivity index (χ3n) is 3.99. The van der Waals surface area contributed by atoms with E-state index < -0.39 is 0 Å². The number of hydrogen-bond donors (Lipinski definition) is 1. The second kappa shape index (κ2) is 7.76. The Bertz CT molecular complexity index is 458. The predicted molar refractivity (Wildman–Crippen MR) is 87.9 cm³/mol. The van der Waals surface area contributed by atoms with Gasteiger partial charge in [0.05, 0.1) is 6.61 Å². The molecule has 1 saturated carbocycles. The molecule has 4 nitrogen and oxygen atoms in total. The number of ether oxygens (including phenoxy) is 1. The first-order chi connectivity index (χ1) is 10.1. The summed E-state index contributed by atoms with van der Waals surface area (Å²) in [6.45, 7) is 10.8. The summed E-state index contributed by atoms with van der Waals surface area (Å²) in [6, 6.07) is 2.16. The standard InChI is InChI=1S/C17H29N3O/c1-5-18-11-16-13(2)10-14(3)19-17(16)20(4)8-9-21-12-15-6-7-15/h10,15,18H,5-9,11-12H2,1-4H3. The molecule has 0 spiro atoms. The first-order valence-electron chi connectivity index (χ1n) is 8.08. The average molecular weight is 291 g/mol. The highest BCUT2D eigenvalue weighted by atomic mass is 16.5. The maximum Gasteiger partial charge on any atom is 0.133 e. The molecule has 1 N–H and O–H groups in total. The van der Waals surface area contributed by atoms with Crippen LogP contribution in [0.3, 0.4) is 0 Å². The lowest BCUT2D eigenvalue weighted by molar-refractivity contribution is 0.130. The summed E-state index contributed by atoms with van der Waals surface area (Å²) in [5.41, 5.74) is 3.69. The maximum atomic E-state index is 5.75. The monoisotopic (exact) mass is 291 g/mol. The number of rotatable bonds is 9. The molecule has 1 fully saturated rings. The number of pyridine rings is 1. The zero-order valence-electron chi connectivity index (χ0n) is 13.9. The van der Waals surface area contributed by atoms with E-state index >= 15 is 0 Å². The van der Waals surface area contributed by atoms with Gasteiger partial charge in [-0.3, -0.25) is 0 Å². The van der Waals surface area contributed by atoms with E-state index in [2.05, 4.69) is 44.1 Å². The minimum Gasteiger partial charge on any atom is -0.379 e. The summed E-state index contributed by atoms with van der Waals surface area (Å²) in [4.78, 5) is 6.97. The lowest BCUT2D eigenvalue weighted by atomic mass is 10.1. The molecule has 1 aromatic rings. The minimum absolute atomic E-state index is 0.780. The van der Waals surface area contributed by atoms with Crippen LogP contribution in [0.5, 0.6) is 0 Å². The summed E-state index contributed by atoms with van der Waals surface area (Å²) in [6.07, 6.45) is 2.70. The van der Waals surface area contributed by atoms with Gasteiger partial charge in [-0.25, -0.2) is 4.98 Å². The molecule has 1 aliphatic carbocycles. The topological polar surface area (TPSA) is 37.4 Å². The number of anilines is 1. The number of likely N-dealkylation sites (N-methyl/N-ethyl adjacent to an activating group) is 1. The predicted octanol–water partition coefficient (Wildman–Crippen LogP) is 2.67. The van der Waals surface area contributed by atoms with E-state index in [0.29, 0.717) is 0 Å². The molecule has 0 saturated heterocycles. The van der Waals surface area contributed by atoms with Gasteiger partial charge in [-0.2, -0.15) is 0 Å². The number of aryl methyl sites for hydroxylation is 2. The molecule has 0 radical (unpaired) electrons. The van der Waals surface area contributed by atoms with Crippen LogP contribution in [0.25, 0.3) is 0 Å². The molecule has 0 amide bonds. The van der Waals surface area contributed by atoms with Crippen LogP contribution >= 0.6 is 0 Å². The van der Waals surface area contributed by atoms with Crippen molar-refractivity contribution in [3.05, 3.63) is 22.9 Å². The fraction of sp³-hybridized carbons (Fsp3) is 0.706. The second-order valence-corrected chi connectivity index (χ2v) is 6.10. The molecule has 118 valence electrons. The van der Waals surface area contributed by atoms with Crippen molar-refractivity contribution in [2.45, 2.75) is 40.2 Å². The Balaban J connectivity index is 1.97. The number of hydrogen-bond acceptors (Lipinski definition) is 4. The second-order valence-electron chi connectivity index (χ2n) is 6.10. The van der Waals surface area contributed by atoms with Crippen LogP contribution in [0.4, 0.5) is 5.82 Å². The van der Waals surface area contributed by atoms with Crippen LogP contribution in [-0.4, -0.2) is 38.3 Å². The molecule has 0 unspecified atom stereocenters. The molecule has 4 heteroatoms. The van der Waals surface area contributed by atoms with Gasteiger partial charge in [0.15, 0.2) is 0 Å². The van der Waals surface area contributed by atoms with Gasteiger partial charge in [0.1, 0.15) is 5.82 Å². The van der Waals surface area contributed by atoms with Crippen LogP contribution in [0.1, 0.15) is 36.6 Å². The normalized spacial score (nSPS) is 14.5. The van der Waals surface area contributed by atoms with Gasteiger partial charge in [0.2, 0.25) is 0 Å². The Morgan fingerprint density at radius 1 is 1.38 bits per heavy atom. The van der Waals surface area contributed by atoms with Crippen molar-refractivity contribution in [2.24, 2.45) is 5.92 Å². The molecule has 2 rings (SSSR count). The summed E-state index contributed by atoms with van der Waals surface area (Å²) in [5.74, 6) is 1.92. The molecule has 0 bridgehead atoms. The molecular formula is C17H29N3O. The van der Waals surface area contributed by atoms with Crippen molar-refractivity contribution in [3.63, 3.8) is 0 Å². The molecule has 0 atom stereocenters. The van der Waals surface area contributed by atoms with E-state index in [1.807, 2.05) is 0 Å². The first-order valence-corrected chi connectivity index (χ1v) is 8.08. The van der Waals surface area contributed by atoms with E-state index in [4.69, 9.17) is 9.72 Å². The van der Waals surface area contributed by atoms with Gasteiger partial charge >= 0.3 is 0 Å². The summed E-state index contributed by atoms with van der Waals surface area (Å²) >= 11 is 0. The van der Waals surface area contributed by atoms with E-state index in [0.717, 1.165) is 50.3 Å². The highest BCUT2D eigenvalue weighted by Crippen LogP contribution is 2.28. The third kappa shape index (κ3) is 4.97. The SMILES string of the molecule is CCNCc1c(C)cc(C)nc1N(C)CCOCC1CC1. The van der Waals surface area contributed by atoms with Gasteiger partial charge in [0.25, 0.3) is 0 Å². The van der Waals surface area contributed by atoms with Gasteiger partial charge in [0, 0.05) is 38.0 Å². The Morgan fingerprint density at radius 3 is 2.81 bits per heavy atom. The van der Waals surface area contributed by atoms with Crippen molar-refractivity contribution in [1.29, 1.82) is 0 Å². The smallest absolute Gasteiger partial charge is 0.133 e. The van der Waals surface area contributed by atoms with Crippen LogP contribution in [0, 0.1) is 19.8 Å². The van der Waals surface area contributed by atoms with Crippen molar-refractivity contribution in [3.8, 4) is 0 Å². The van der Waals surface area contributed by atoms with Crippen molar-refractivity contribution in [1.82, 2.24) is 10.3 Å². The molecule has 1 aliphatic rings. The molecule has 1 aromatic heterocycles. The quantitative estimate of drug-likeness (QED) is 0.710. The highest BCUT2D eigenvalue weighted by Gasteiger charge is 2.21. The van der Waals surface area contributed by atoms with Crippen LogP contribution in [-0.2, 0) is 11.3 Å². The van der Waals surface area contributed by atoms with E-state index in [9.17, 15) is 0 Å². The minimum atomic E-state index is 0.780. The van der Waals surface area contributed by atoms with Gasteiger partial charge in [-0.1, -0.05) is 6.92 Å². The van der Waals surface area contributed by atoms with Crippen LogP contribution < -0.4 is 10.2 Å². The zero-order chi connectivity index (χ0) is 15.2. The third-order valence-corrected chi connectivity index (χ3v) is 3.99. The highest BCUT2D eigenvalue weighted by molar-refractivity contribution is 5.51. The Hall–Kier alpha value is -1.13. The van der Waals surface area contributed by atoms with Gasteiger partial charge in [-0.15, -0.1) is 0 Å². The number of nitrogens with one attached hydrogen (secondary N) is 1. The van der Waals surface area contributed by atoms with Crippen LogP contribution in [0.2, 0.25) is 0 Å². The van der Waals surface area contributed by atoms with Gasteiger partial charge < -0.3 is 15.0 Å². The van der Waals surface area contributed by atoms with E-state index in [1.165, 1.54) is 24.0 Å². The van der Waals surface area contributed by atoms with Crippen molar-refractivity contribution < 1.29 is 4.74 Å². The molecule has 0 aliphatic heterocycles. The molecule has 1 heterocycles. The number of nitrogens with zero attached hydrogens (tertiary/aromatic N) is 2. The van der Waals surface area contributed by atoms with Crippen molar-refractivity contribution >= 4 is 5.82 Å². The first kappa shape index (κ1) is 16.2. The Labute approximate surface area is 128 Å². The lowest BCUT2D eigenvalue weighted by Crippen LogP contribution is -2.27. The number of aromatic nitrogens is 1. The molecule has 0 aromatic carbocycles. The zero-order valence-corrected chi connectivity index (χ0v) is 13.9. The Kier molecular flexibility index (Phi) is 6.00. The van der Waals surface area contributed by atoms with Gasteiger partial charge in [-0.05, 0) is 50.8 Å². The summed E-state index contributed by atoms with van der Waals surface area (Å²) < 4.78 is 5.75. The maximum absolute atomic E-state index is 5.75. The fourth-order valence-electron chi connectivity index (χ4n) is 2.47. The largest absolute Gasteiger partial charge is 0.379 e. The summed E-state index contributed by atoms with van der Waals surface area (Å²) in [5, 5.41) is 3.41.